The monoisotopic (exact) mass is 369 g/mol. The summed E-state index contributed by atoms with van der Waals surface area (Å²) in [6, 6.07) is 6.39. The summed E-state index contributed by atoms with van der Waals surface area (Å²) in [6.07, 6.45) is 2.32. The molecule has 1 aromatic rings. The van der Waals surface area contributed by atoms with Crippen LogP contribution < -0.4 is 4.74 Å². The maximum atomic E-state index is 12.0. The minimum atomic E-state index is -4.33. The number of allylic oxidation sites excluding steroid dienone is 3. The Bertz CT molecular complexity index is 561. The normalized spacial score (nSPS) is 14.6. The zero-order chi connectivity index (χ0) is 14.8. The summed E-state index contributed by atoms with van der Waals surface area (Å²) in [5, 5.41) is 0. The Kier molecular flexibility index (Phi) is 6.23. The van der Waals surface area contributed by atoms with Gasteiger partial charge in [-0.15, -0.1) is 18.2 Å². The van der Waals surface area contributed by atoms with Crippen LogP contribution in [0.5, 0.6) is 5.75 Å². The van der Waals surface area contributed by atoms with Crippen molar-refractivity contribution in [3.05, 3.63) is 60.3 Å². The van der Waals surface area contributed by atoms with E-state index in [4.69, 9.17) is 0 Å². The van der Waals surface area contributed by atoms with Crippen LogP contribution >= 0.6 is 0 Å². The fraction of sp³-hybridized carbons (Fsp3) is 0.200. The van der Waals surface area contributed by atoms with Gasteiger partial charge in [0.1, 0.15) is 5.75 Å². The third-order valence-corrected chi connectivity index (χ3v) is 2.79. The molecule has 0 aliphatic carbocycles. The van der Waals surface area contributed by atoms with Crippen molar-refractivity contribution in [2.24, 2.45) is 0 Å². The number of rotatable bonds is 3. The molecule has 0 amide bonds. The van der Waals surface area contributed by atoms with E-state index < -0.39 is 12.8 Å². The molecule has 1 aliphatic heterocycles. The maximum absolute atomic E-state index is 12.0. The van der Waals surface area contributed by atoms with Crippen LogP contribution in [0.4, 0.5) is 13.2 Å². The largest absolute Gasteiger partial charge is 0.484 e. The molecule has 1 heterocycles. The molecule has 109 valence electrons. The second-order valence-corrected chi connectivity index (χ2v) is 4.30. The van der Waals surface area contributed by atoms with Gasteiger partial charge in [-0.2, -0.15) is 25.3 Å². The van der Waals surface area contributed by atoms with Crippen molar-refractivity contribution in [1.82, 2.24) is 4.90 Å². The summed E-state index contributed by atoms with van der Waals surface area (Å²) in [7, 11) is 1.85. The van der Waals surface area contributed by atoms with Gasteiger partial charge in [0.15, 0.2) is 6.61 Å². The first-order valence-electron chi connectivity index (χ1n) is 5.89. The third-order valence-electron chi connectivity index (χ3n) is 2.79. The molecule has 6 heteroatoms. The Labute approximate surface area is 146 Å². The first-order chi connectivity index (χ1) is 9.37. The smallest absolute Gasteiger partial charge is 0.422 e. The van der Waals surface area contributed by atoms with Crippen LogP contribution in [0.3, 0.4) is 0 Å². The Morgan fingerprint density at radius 1 is 1.24 bits per heavy atom. The molecule has 1 radical (unpaired) electrons. The number of halogens is 3. The number of ether oxygens (including phenoxy) is 1. The topological polar surface area (TPSA) is 12.5 Å². The number of benzene rings is 1. The summed E-state index contributed by atoms with van der Waals surface area (Å²) in [5.41, 5.74) is 2.45. The third kappa shape index (κ3) is 5.01. The van der Waals surface area contributed by atoms with Crippen molar-refractivity contribution in [2.45, 2.75) is 6.18 Å². The van der Waals surface area contributed by atoms with E-state index >= 15 is 0 Å². The van der Waals surface area contributed by atoms with Crippen molar-refractivity contribution >= 4 is 5.70 Å². The summed E-state index contributed by atoms with van der Waals surface area (Å²) in [5.74, 6) is 0.180. The van der Waals surface area contributed by atoms with Gasteiger partial charge in [-0.1, -0.05) is 17.8 Å². The molecule has 0 bridgehead atoms. The van der Waals surface area contributed by atoms with Gasteiger partial charge < -0.3 is 9.64 Å². The fourth-order valence-corrected chi connectivity index (χ4v) is 1.72. The minimum Gasteiger partial charge on any atom is -0.484 e. The molecule has 0 spiro atoms. The predicted octanol–water partition coefficient (Wildman–Crippen LogP) is 3.78. The molecule has 0 aromatic heterocycles. The van der Waals surface area contributed by atoms with Gasteiger partial charge in [0, 0.05) is 39.8 Å². The molecule has 0 fully saturated rings. The number of hydrogen-bond donors (Lipinski definition) is 0. The predicted molar refractivity (Wildman–Crippen MR) is 70.7 cm³/mol. The summed E-state index contributed by atoms with van der Waals surface area (Å²) in [6.45, 7) is 2.58. The van der Waals surface area contributed by atoms with E-state index in [1.165, 1.54) is 12.1 Å². The molecule has 2 rings (SSSR count). The van der Waals surface area contributed by atoms with E-state index in [1.807, 2.05) is 18.0 Å². The molecule has 21 heavy (non-hydrogen) atoms. The van der Waals surface area contributed by atoms with E-state index in [0.717, 1.165) is 17.0 Å². The number of hydrogen-bond acceptors (Lipinski definition) is 2. The Balaban J connectivity index is 0.00000220. The Morgan fingerprint density at radius 2 is 1.86 bits per heavy atom. The quantitative estimate of drug-likeness (QED) is 0.752. The molecule has 2 nitrogen and oxygen atoms in total. The maximum Gasteiger partial charge on any atom is 0.422 e. The average molecular weight is 369 g/mol. The second-order valence-electron chi connectivity index (χ2n) is 4.30. The molecule has 1 aliphatic rings. The van der Waals surface area contributed by atoms with Crippen LogP contribution in [0.15, 0.2) is 48.7 Å². The molecule has 0 saturated carbocycles. The van der Waals surface area contributed by atoms with Gasteiger partial charge in [0.05, 0.1) is 0 Å². The average Bonchev–Trinajstić information content (AvgIpc) is 2.40. The van der Waals surface area contributed by atoms with Gasteiger partial charge in [0.2, 0.25) is 0 Å². The summed E-state index contributed by atoms with van der Waals surface area (Å²) in [4.78, 5) is 1.85. The van der Waals surface area contributed by atoms with Crippen molar-refractivity contribution < 1.29 is 50.6 Å². The minimum absolute atomic E-state index is 0. The van der Waals surface area contributed by atoms with E-state index in [9.17, 15) is 13.2 Å². The van der Waals surface area contributed by atoms with E-state index in [0.29, 0.717) is 0 Å². The van der Waals surface area contributed by atoms with E-state index in [-0.39, 0.29) is 38.5 Å². The van der Waals surface area contributed by atoms with Crippen LogP contribution in [0.2, 0.25) is 0 Å². The van der Waals surface area contributed by atoms with Crippen molar-refractivity contribution in [2.75, 3.05) is 13.7 Å². The standard InChI is InChI=1S/C15H13F3NO.Y/c1-11-4-3-5-14(19(11)2)12-6-8-13(9-7-12)20-10-15(16,17)18;/h3-4,6-9H,1,10H2,2H3;/q-1;. The van der Waals surface area contributed by atoms with Gasteiger partial charge in [-0.3, -0.25) is 0 Å². The van der Waals surface area contributed by atoms with Crippen LogP contribution in [-0.4, -0.2) is 24.7 Å². The molecule has 0 saturated heterocycles. The number of alkyl halides is 3. The molecule has 0 atom stereocenters. The van der Waals surface area contributed by atoms with Gasteiger partial charge >= 0.3 is 6.18 Å². The molecule has 0 unspecified atom stereocenters. The zero-order valence-corrected chi connectivity index (χ0v) is 14.3. The zero-order valence-electron chi connectivity index (χ0n) is 11.4. The van der Waals surface area contributed by atoms with Crippen LogP contribution in [-0.2, 0) is 32.7 Å². The molecular weight excluding hydrogens is 356 g/mol. The van der Waals surface area contributed by atoms with Crippen molar-refractivity contribution in [3.63, 3.8) is 0 Å². The Morgan fingerprint density at radius 3 is 2.43 bits per heavy atom. The van der Waals surface area contributed by atoms with E-state index in [1.54, 1.807) is 18.2 Å². The number of nitrogens with zero attached hydrogens (tertiary/aromatic N) is 1. The SMILES string of the molecule is C=C1C=C[C-]=C(c2ccc(OCC(F)(F)F)cc2)N1C.[Y]. The first-order valence-corrected chi connectivity index (χ1v) is 5.89. The first kappa shape index (κ1) is 18.0. The fourth-order valence-electron chi connectivity index (χ4n) is 1.72. The van der Waals surface area contributed by atoms with Crippen LogP contribution in [0.1, 0.15) is 5.56 Å². The van der Waals surface area contributed by atoms with Gasteiger partial charge in [-0.25, -0.2) is 0 Å². The van der Waals surface area contributed by atoms with Crippen molar-refractivity contribution in [3.8, 4) is 5.75 Å². The Hall–Kier alpha value is -1.07. The molecular formula is C15H13F3NOY-. The summed E-state index contributed by atoms with van der Waals surface area (Å²) >= 11 is 0. The van der Waals surface area contributed by atoms with Gasteiger partial charge in [-0.05, 0) is 17.8 Å². The molecule has 0 N–H and O–H groups in total. The van der Waals surface area contributed by atoms with Crippen molar-refractivity contribution in [1.29, 1.82) is 0 Å². The second kappa shape index (κ2) is 7.27. The van der Waals surface area contributed by atoms with Crippen LogP contribution in [0.25, 0.3) is 5.70 Å². The van der Waals surface area contributed by atoms with E-state index in [2.05, 4.69) is 17.4 Å². The molecule has 1 aromatic carbocycles. The summed E-state index contributed by atoms with van der Waals surface area (Å²) < 4.78 is 40.8. The van der Waals surface area contributed by atoms with Crippen LogP contribution in [0, 0.1) is 6.08 Å². The number of likely N-dealkylation sites (N-methyl/N-ethyl adjacent to an activating group) is 1. The van der Waals surface area contributed by atoms with Gasteiger partial charge in [0.25, 0.3) is 0 Å².